The molecule has 1 amide bonds. The Labute approximate surface area is 124 Å². The van der Waals surface area contributed by atoms with Gasteiger partial charge in [0.1, 0.15) is 5.69 Å². The van der Waals surface area contributed by atoms with Gasteiger partial charge >= 0.3 is 0 Å². The van der Waals surface area contributed by atoms with Crippen molar-refractivity contribution < 1.29 is 4.79 Å². The Morgan fingerprint density at radius 2 is 1.90 bits per heavy atom. The van der Waals surface area contributed by atoms with Crippen LogP contribution in [-0.4, -0.2) is 21.9 Å². The van der Waals surface area contributed by atoms with Crippen LogP contribution in [0.1, 0.15) is 35.6 Å². The van der Waals surface area contributed by atoms with Crippen LogP contribution in [0.4, 0.5) is 5.95 Å². The molecule has 0 aliphatic carbocycles. The minimum Gasteiger partial charge on any atom is -0.350 e. The van der Waals surface area contributed by atoms with Gasteiger partial charge in [-0.3, -0.25) is 4.79 Å². The molecule has 1 heterocycles. The first-order valence-electron chi connectivity index (χ1n) is 6.99. The summed E-state index contributed by atoms with van der Waals surface area (Å²) in [5.41, 5.74) is 2.28. The van der Waals surface area contributed by atoms with Gasteiger partial charge in [-0.15, -0.1) is 0 Å². The molecule has 0 unspecified atom stereocenters. The molecule has 110 valence electrons. The lowest BCUT2D eigenvalue weighted by Crippen LogP contribution is -2.31. The van der Waals surface area contributed by atoms with Crippen molar-refractivity contribution in [2.45, 2.75) is 33.4 Å². The molecule has 0 aliphatic heterocycles. The quantitative estimate of drug-likeness (QED) is 0.885. The zero-order valence-electron chi connectivity index (χ0n) is 12.6. The molecular weight excluding hydrogens is 264 g/mol. The highest BCUT2D eigenvalue weighted by Crippen LogP contribution is 2.07. The van der Waals surface area contributed by atoms with E-state index in [1.165, 1.54) is 0 Å². The third-order valence-electron chi connectivity index (χ3n) is 2.80. The Hall–Kier alpha value is -2.43. The van der Waals surface area contributed by atoms with Crippen LogP contribution in [0.3, 0.4) is 0 Å². The fourth-order valence-electron chi connectivity index (χ4n) is 1.88. The molecule has 21 heavy (non-hydrogen) atoms. The second-order valence-corrected chi connectivity index (χ2v) is 5.19. The number of carbonyl (C=O) groups excluding carboxylic acids is 1. The van der Waals surface area contributed by atoms with Crippen molar-refractivity contribution in [3.8, 4) is 0 Å². The number of aromatic nitrogens is 2. The average molecular weight is 284 g/mol. The van der Waals surface area contributed by atoms with Crippen LogP contribution in [0.2, 0.25) is 0 Å². The monoisotopic (exact) mass is 284 g/mol. The fraction of sp³-hybridized carbons (Fsp3) is 0.312. The topological polar surface area (TPSA) is 66.9 Å². The van der Waals surface area contributed by atoms with Crippen molar-refractivity contribution in [3.05, 3.63) is 53.3 Å². The van der Waals surface area contributed by atoms with Gasteiger partial charge in [0.15, 0.2) is 0 Å². The predicted octanol–water partition coefficient (Wildman–Crippen LogP) is 2.54. The van der Waals surface area contributed by atoms with Crippen molar-refractivity contribution in [1.82, 2.24) is 15.3 Å². The minimum absolute atomic E-state index is 0.0773. The van der Waals surface area contributed by atoms with Crippen molar-refractivity contribution in [1.29, 1.82) is 0 Å². The van der Waals surface area contributed by atoms with Crippen molar-refractivity contribution in [3.63, 3.8) is 0 Å². The molecule has 2 N–H and O–H groups in total. The van der Waals surface area contributed by atoms with Crippen LogP contribution >= 0.6 is 0 Å². The number of nitrogens with one attached hydrogen (secondary N) is 2. The van der Waals surface area contributed by atoms with E-state index < -0.39 is 0 Å². The third kappa shape index (κ3) is 4.56. The number of carbonyl (C=O) groups is 1. The highest BCUT2D eigenvalue weighted by Gasteiger charge is 2.11. The molecular formula is C16H20N4O. The van der Waals surface area contributed by atoms with Gasteiger partial charge in [0.2, 0.25) is 5.95 Å². The molecule has 2 rings (SSSR count). The van der Waals surface area contributed by atoms with Gasteiger partial charge in [-0.2, -0.15) is 0 Å². The SMILES string of the molecule is Cc1cc(C(=O)NC(C)C)nc(NCc2ccccc2)n1. The van der Waals surface area contributed by atoms with E-state index in [0.29, 0.717) is 18.2 Å². The highest BCUT2D eigenvalue weighted by atomic mass is 16.1. The normalized spacial score (nSPS) is 10.5. The summed E-state index contributed by atoms with van der Waals surface area (Å²) in [4.78, 5) is 20.6. The van der Waals surface area contributed by atoms with E-state index in [-0.39, 0.29) is 11.9 Å². The maximum Gasteiger partial charge on any atom is 0.270 e. The number of aryl methyl sites for hydroxylation is 1. The van der Waals surface area contributed by atoms with Gasteiger partial charge in [-0.25, -0.2) is 9.97 Å². The van der Waals surface area contributed by atoms with E-state index >= 15 is 0 Å². The van der Waals surface area contributed by atoms with Gasteiger partial charge < -0.3 is 10.6 Å². The van der Waals surface area contributed by atoms with E-state index in [0.717, 1.165) is 11.3 Å². The van der Waals surface area contributed by atoms with Gasteiger partial charge in [0.25, 0.3) is 5.91 Å². The summed E-state index contributed by atoms with van der Waals surface area (Å²) < 4.78 is 0. The maximum absolute atomic E-state index is 12.0. The molecule has 2 aromatic rings. The van der Waals surface area contributed by atoms with Crippen LogP contribution in [-0.2, 0) is 6.54 Å². The summed E-state index contributed by atoms with van der Waals surface area (Å²) in [6, 6.07) is 11.7. The molecule has 0 fully saturated rings. The average Bonchev–Trinajstić information content (AvgIpc) is 2.45. The van der Waals surface area contributed by atoms with Crippen LogP contribution in [0.15, 0.2) is 36.4 Å². The fourth-order valence-corrected chi connectivity index (χ4v) is 1.88. The first-order chi connectivity index (χ1) is 10.0. The molecule has 1 aromatic carbocycles. The van der Waals surface area contributed by atoms with E-state index in [1.807, 2.05) is 51.1 Å². The largest absolute Gasteiger partial charge is 0.350 e. The first kappa shape index (κ1) is 15.0. The number of hydrogen-bond donors (Lipinski definition) is 2. The standard InChI is InChI=1S/C16H20N4O/c1-11(2)18-15(21)14-9-12(3)19-16(20-14)17-10-13-7-5-4-6-8-13/h4-9,11H,10H2,1-3H3,(H,18,21)(H,17,19,20). The van der Waals surface area contributed by atoms with Crippen molar-refractivity contribution in [2.75, 3.05) is 5.32 Å². The molecule has 0 radical (unpaired) electrons. The van der Waals surface area contributed by atoms with Gasteiger partial charge in [0.05, 0.1) is 0 Å². The van der Waals surface area contributed by atoms with Crippen LogP contribution in [0.5, 0.6) is 0 Å². The van der Waals surface area contributed by atoms with E-state index in [1.54, 1.807) is 6.07 Å². The number of nitrogens with zero attached hydrogens (tertiary/aromatic N) is 2. The summed E-state index contributed by atoms with van der Waals surface area (Å²) in [7, 11) is 0. The molecule has 0 spiro atoms. The molecule has 0 saturated heterocycles. The van der Waals surface area contributed by atoms with Gasteiger partial charge in [-0.1, -0.05) is 30.3 Å². The van der Waals surface area contributed by atoms with Crippen LogP contribution in [0.25, 0.3) is 0 Å². The first-order valence-corrected chi connectivity index (χ1v) is 6.99. The number of rotatable bonds is 5. The highest BCUT2D eigenvalue weighted by molar-refractivity contribution is 5.92. The number of benzene rings is 1. The Morgan fingerprint density at radius 3 is 2.57 bits per heavy atom. The lowest BCUT2D eigenvalue weighted by atomic mass is 10.2. The Morgan fingerprint density at radius 1 is 1.19 bits per heavy atom. The summed E-state index contributed by atoms with van der Waals surface area (Å²) >= 11 is 0. The molecule has 5 nitrogen and oxygen atoms in total. The molecule has 5 heteroatoms. The zero-order chi connectivity index (χ0) is 15.2. The second kappa shape index (κ2) is 6.83. The van der Waals surface area contributed by atoms with Crippen LogP contribution in [0, 0.1) is 6.92 Å². The third-order valence-corrected chi connectivity index (χ3v) is 2.80. The second-order valence-electron chi connectivity index (χ2n) is 5.19. The Bertz CT molecular complexity index is 611. The summed E-state index contributed by atoms with van der Waals surface area (Å²) in [6.07, 6.45) is 0. The number of amides is 1. The van der Waals surface area contributed by atoms with Crippen LogP contribution < -0.4 is 10.6 Å². The van der Waals surface area contributed by atoms with Gasteiger partial charge in [-0.05, 0) is 32.4 Å². The van der Waals surface area contributed by atoms with Crippen molar-refractivity contribution >= 4 is 11.9 Å². The zero-order valence-corrected chi connectivity index (χ0v) is 12.6. The summed E-state index contributed by atoms with van der Waals surface area (Å²) in [5, 5.41) is 5.98. The lowest BCUT2D eigenvalue weighted by molar-refractivity contribution is 0.0938. The molecule has 0 aliphatic rings. The summed E-state index contributed by atoms with van der Waals surface area (Å²) in [5.74, 6) is 0.283. The van der Waals surface area contributed by atoms with Crippen molar-refractivity contribution in [2.24, 2.45) is 0 Å². The Kier molecular flexibility index (Phi) is 4.87. The predicted molar refractivity (Wildman–Crippen MR) is 83.1 cm³/mol. The Balaban J connectivity index is 2.10. The summed E-state index contributed by atoms with van der Waals surface area (Å²) in [6.45, 7) is 6.30. The minimum atomic E-state index is -0.182. The van der Waals surface area contributed by atoms with E-state index in [2.05, 4.69) is 20.6 Å². The smallest absolute Gasteiger partial charge is 0.270 e. The lowest BCUT2D eigenvalue weighted by Gasteiger charge is -2.10. The number of hydrogen-bond acceptors (Lipinski definition) is 4. The molecule has 0 atom stereocenters. The molecule has 0 bridgehead atoms. The molecule has 0 saturated carbocycles. The molecule has 1 aromatic heterocycles. The van der Waals surface area contributed by atoms with E-state index in [9.17, 15) is 4.79 Å². The van der Waals surface area contributed by atoms with Gasteiger partial charge in [0, 0.05) is 18.3 Å². The maximum atomic E-state index is 12.0. The number of anilines is 1. The van der Waals surface area contributed by atoms with E-state index in [4.69, 9.17) is 0 Å².